The third-order valence-corrected chi connectivity index (χ3v) is 5.74. The van der Waals surface area contributed by atoms with Crippen LogP contribution in [0.1, 0.15) is 63.1 Å². The quantitative estimate of drug-likeness (QED) is 0.337. The maximum Gasteiger partial charge on any atom is 0.159 e. The average Bonchev–Trinajstić information content (AvgIpc) is 2.84. The molecule has 3 atom stereocenters. The van der Waals surface area contributed by atoms with Crippen molar-refractivity contribution >= 4 is 29.6 Å². The zero-order chi connectivity index (χ0) is 20.1. The molecular weight excluding hydrogens is 356 g/mol. The van der Waals surface area contributed by atoms with E-state index >= 15 is 0 Å². The van der Waals surface area contributed by atoms with Crippen LogP contribution in [0, 0.1) is 11.8 Å². The zero-order valence-electron chi connectivity index (χ0n) is 16.5. The highest BCUT2D eigenvalue weighted by atomic mass is 16.5. The standard InChI is InChI=1S/C20H30N6O2/c1-14(12-22-25(2)28)17-13-23-26-19(21)9-8-18(24-20(17)26)16-5-3-4-15(6-7-16)10-11-27/h11-13,15-16,19,28H,1,3-10,21H2,2H3/b22-12-/t15-,16-,19?/m1/s1. The monoisotopic (exact) mass is 386 g/mol. The average molecular weight is 387 g/mol. The second-order valence-corrected chi connectivity index (χ2v) is 7.77. The number of hydrogen-bond acceptors (Lipinski definition) is 7. The van der Waals surface area contributed by atoms with Crippen LogP contribution in [0.3, 0.4) is 0 Å². The molecule has 0 radical (unpaired) electrons. The number of aliphatic imine (C=N–C) groups is 1. The minimum Gasteiger partial charge on any atom is -0.310 e. The summed E-state index contributed by atoms with van der Waals surface area (Å²) in [6, 6.07) is 0. The number of rotatable bonds is 6. The highest BCUT2D eigenvalue weighted by molar-refractivity contribution is 6.10. The van der Waals surface area contributed by atoms with Gasteiger partial charge in [0.05, 0.1) is 19.5 Å². The highest BCUT2D eigenvalue weighted by Crippen LogP contribution is 2.36. The molecule has 28 heavy (non-hydrogen) atoms. The summed E-state index contributed by atoms with van der Waals surface area (Å²) < 4.78 is 1.76. The second-order valence-electron chi connectivity index (χ2n) is 7.77. The van der Waals surface area contributed by atoms with E-state index in [2.05, 4.69) is 16.8 Å². The molecule has 152 valence electrons. The van der Waals surface area contributed by atoms with Crippen LogP contribution in [-0.2, 0) is 4.79 Å². The molecule has 1 aromatic heterocycles. The normalized spacial score (nSPS) is 25.5. The van der Waals surface area contributed by atoms with Crippen molar-refractivity contribution in [2.24, 2.45) is 27.7 Å². The summed E-state index contributed by atoms with van der Waals surface area (Å²) in [7, 11) is 1.43. The Morgan fingerprint density at radius 1 is 1.43 bits per heavy atom. The number of hydroxylamine groups is 1. The fourth-order valence-corrected chi connectivity index (χ4v) is 4.15. The molecule has 2 heterocycles. The summed E-state index contributed by atoms with van der Waals surface area (Å²) in [6.45, 7) is 4.03. The Morgan fingerprint density at radius 2 is 2.25 bits per heavy atom. The van der Waals surface area contributed by atoms with E-state index in [9.17, 15) is 10.0 Å². The van der Waals surface area contributed by atoms with Crippen LogP contribution in [-0.4, -0.2) is 45.4 Å². The minimum absolute atomic E-state index is 0.233. The molecule has 3 rings (SSSR count). The van der Waals surface area contributed by atoms with Crippen molar-refractivity contribution in [2.75, 3.05) is 7.05 Å². The number of aromatic nitrogens is 2. The molecule has 1 aliphatic heterocycles. The van der Waals surface area contributed by atoms with Gasteiger partial charge in [-0.2, -0.15) is 15.4 Å². The van der Waals surface area contributed by atoms with Crippen molar-refractivity contribution in [3.05, 3.63) is 18.3 Å². The van der Waals surface area contributed by atoms with E-state index < -0.39 is 0 Å². The van der Waals surface area contributed by atoms with Gasteiger partial charge < -0.3 is 10.5 Å². The molecule has 0 saturated heterocycles. The van der Waals surface area contributed by atoms with Gasteiger partial charge in [-0.05, 0) is 43.9 Å². The zero-order valence-corrected chi connectivity index (χ0v) is 16.5. The molecule has 8 nitrogen and oxygen atoms in total. The van der Waals surface area contributed by atoms with Gasteiger partial charge in [-0.1, -0.05) is 19.4 Å². The Balaban J connectivity index is 1.86. The Kier molecular flexibility index (Phi) is 6.74. The van der Waals surface area contributed by atoms with Gasteiger partial charge >= 0.3 is 0 Å². The Labute approximate surface area is 165 Å². The van der Waals surface area contributed by atoms with E-state index in [1.54, 1.807) is 10.9 Å². The van der Waals surface area contributed by atoms with Crippen LogP contribution in [0.4, 0.5) is 5.82 Å². The molecule has 1 unspecified atom stereocenters. The Bertz CT molecular complexity index is 767. The Morgan fingerprint density at radius 3 is 3.00 bits per heavy atom. The summed E-state index contributed by atoms with van der Waals surface area (Å²) in [5, 5.41) is 18.2. The first-order valence-electron chi connectivity index (χ1n) is 9.99. The topological polar surface area (TPSA) is 109 Å². The van der Waals surface area contributed by atoms with E-state index in [4.69, 9.17) is 10.7 Å². The molecule has 0 amide bonds. The predicted octanol–water partition coefficient (Wildman–Crippen LogP) is 3.31. The number of carbonyl (C=O) groups excluding carboxylic acids is 1. The highest BCUT2D eigenvalue weighted by Gasteiger charge is 2.27. The summed E-state index contributed by atoms with van der Waals surface area (Å²) >= 11 is 0. The third kappa shape index (κ3) is 4.74. The molecule has 2 aliphatic rings. The fraction of sp³-hybridized carbons (Fsp3) is 0.600. The Hall–Kier alpha value is -2.32. The molecular formula is C20H30N6O2. The van der Waals surface area contributed by atoms with Gasteiger partial charge in [-0.15, -0.1) is 0 Å². The van der Waals surface area contributed by atoms with E-state index in [0.29, 0.717) is 29.6 Å². The minimum atomic E-state index is -0.233. The van der Waals surface area contributed by atoms with Crippen molar-refractivity contribution in [3.63, 3.8) is 0 Å². The van der Waals surface area contributed by atoms with Crippen LogP contribution >= 0.6 is 0 Å². The van der Waals surface area contributed by atoms with Crippen LogP contribution in [0.15, 0.2) is 22.9 Å². The number of hydrogen-bond donors (Lipinski definition) is 2. The number of fused-ring (bicyclic) bond motifs is 1. The molecule has 3 N–H and O–H groups in total. The maximum atomic E-state index is 10.9. The maximum absolute atomic E-state index is 10.9. The molecule has 0 spiro atoms. The number of allylic oxidation sites excluding steroid dienone is 1. The number of aldehydes is 1. The molecule has 1 fully saturated rings. The lowest BCUT2D eigenvalue weighted by atomic mass is 9.90. The first kappa shape index (κ1) is 20.4. The van der Waals surface area contributed by atoms with Crippen molar-refractivity contribution in [3.8, 4) is 0 Å². The van der Waals surface area contributed by atoms with Crippen LogP contribution in [0.5, 0.6) is 0 Å². The fourth-order valence-electron chi connectivity index (χ4n) is 4.15. The number of nitrogens with zero attached hydrogens (tertiary/aromatic N) is 5. The first-order chi connectivity index (χ1) is 13.5. The third-order valence-electron chi connectivity index (χ3n) is 5.74. The van der Waals surface area contributed by atoms with Gasteiger partial charge in [0, 0.05) is 23.3 Å². The van der Waals surface area contributed by atoms with Crippen LogP contribution in [0.2, 0.25) is 0 Å². The largest absolute Gasteiger partial charge is 0.310 e. The second kappa shape index (κ2) is 9.25. The molecule has 1 aliphatic carbocycles. The van der Waals surface area contributed by atoms with Crippen molar-refractivity contribution in [1.82, 2.24) is 15.0 Å². The van der Waals surface area contributed by atoms with Crippen molar-refractivity contribution in [1.29, 1.82) is 0 Å². The van der Waals surface area contributed by atoms with E-state index in [-0.39, 0.29) is 6.17 Å². The van der Waals surface area contributed by atoms with Gasteiger partial charge in [0.25, 0.3) is 0 Å². The summed E-state index contributed by atoms with van der Waals surface area (Å²) in [4.78, 5) is 15.9. The van der Waals surface area contributed by atoms with Crippen LogP contribution in [0.25, 0.3) is 5.57 Å². The molecule has 1 aromatic rings. The van der Waals surface area contributed by atoms with Crippen LogP contribution < -0.4 is 5.73 Å². The molecule has 0 bridgehead atoms. The lowest BCUT2D eigenvalue weighted by Crippen LogP contribution is -2.19. The molecule has 1 saturated carbocycles. The molecule has 8 heteroatoms. The van der Waals surface area contributed by atoms with E-state index in [1.165, 1.54) is 19.0 Å². The molecule has 0 aromatic carbocycles. The van der Waals surface area contributed by atoms with Gasteiger partial charge in [0.1, 0.15) is 12.5 Å². The van der Waals surface area contributed by atoms with Gasteiger partial charge in [0.15, 0.2) is 5.82 Å². The number of carbonyl (C=O) groups is 1. The van der Waals surface area contributed by atoms with Gasteiger partial charge in [0.2, 0.25) is 0 Å². The summed E-state index contributed by atoms with van der Waals surface area (Å²) in [5.74, 6) is 1.64. The number of nitrogens with two attached hydrogens (primary N) is 1. The van der Waals surface area contributed by atoms with E-state index in [0.717, 1.165) is 62.0 Å². The predicted molar refractivity (Wildman–Crippen MR) is 110 cm³/mol. The van der Waals surface area contributed by atoms with Gasteiger partial charge in [-0.25, -0.2) is 9.67 Å². The van der Waals surface area contributed by atoms with Crippen molar-refractivity contribution < 1.29 is 10.0 Å². The SMILES string of the molecule is C=C(/C=N\N(C)O)c1cnn2c1N=C([C@@H]1CCC[C@@H](CC=O)CC1)CCC2N. The van der Waals surface area contributed by atoms with Gasteiger partial charge in [-0.3, -0.25) is 5.21 Å². The lowest BCUT2D eigenvalue weighted by molar-refractivity contribution is -0.108. The van der Waals surface area contributed by atoms with Crippen molar-refractivity contribution in [2.45, 2.75) is 57.5 Å². The lowest BCUT2D eigenvalue weighted by Gasteiger charge is -2.17. The summed E-state index contributed by atoms with van der Waals surface area (Å²) in [5.41, 5.74) is 8.90. The number of hydrazone groups is 1. The van der Waals surface area contributed by atoms with E-state index in [1.807, 2.05) is 0 Å². The summed E-state index contributed by atoms with van der Waals surface area (Å²) in [6.07, 6.45) is 11.8. The smallest absolute Gasteiger partial charge is 0.159 e. The first-order valence-corrected chi connectivity index (χ1v) is 9.99.